The maximum Gasteiger partial charge on any atom is 0.416 e. The van der Waals surface area contributed by atoms with Crippen LogP contribution in [0.25, 0.3) is 17.1 Å². The molecule has 1 heterocycles. The number of halogens is 4. The number of rotatable bonds is 6. The van der Waals surface area contributed by atoms with E-state index >= 15 is 0 Å². The monoisotopic (exact) mass is 526 g/mol. The fourth-order valence-corrected chi connectivity index (χ4v) is 3.64. The van der Waals surface area contributed by atoms with Crippen molar-refractivity contribution in [1.29, 1.82) is 0 Å². The molecule has 37 heavy (non-hydrogen) atoms. The Morgan fingerprint density at radius 1 is 1.03 bits per heavy atom. The van der Waals surface area contributed by atoms with Crippen molar-refractivity contribution in [3.63, 3.8) is 0 Å². The molecular formula is C26H22F4N6S. The normalized spacial score (nSPS) is 11.8. The van der Waals surface area contributed by atoms with Crippen LogP contribution >= 0.6 is 12.2 Å². The number of anilines is 1. The van der Waals surface area contributed by atoms with Gasteiger partial charge in [-0.25, -0.2) is 14.1 Å². The van der Waals surface area contributed by atoms with Crippen molar-refractivity contribution in [1.82, 2.24) is 20.2 Å². The van der Waals surface area contributed by atoms with Crippen LogP contribution in [-0.2, 0) is 6.18 Å². The number of hydrazone groups is 1. The van der Waals surface area contributed by atoms with Gasteiger partial charge in [-0.2, -0.15) is 18.3 Å². The average Bonchev–Trinajstić information content (AvgIpc) is 3.35. The zero-order chi connectivity index (χ0) is 26.6. The van der Waals surface area contributed by atoms with Gasteiger partial charge < -0.3 is 5.32 Å². The second-order valence-corrected chi connectivity index (χ2v) is 8.80. The van der Waals surface area contributed by atoms with Gasteiger partial charge >= 0.3 is 6.18 Å². The maximum absolute atomic E-state index is 13.6. The van der Waals surface area contributed by atoms with Crippen LogP contribution < -0.4 is 10.7 Å². The zero-order valence-electron chi connectivity index (χ0n) is 19.8. The lowest BCUT2D eigenvalue weighted by molar-refractivity contribution is -0.137. The Hall–Kier alpha value is -4.12. The molecule has 0 spiro atoms. The van der Waals surface area contributed by atoms with E-state index in [-0.39, 0.29) is 16.8 Å². The molecular weight excluding hydrogens is 504 g/mol. The summed E-state index contributed by atoms with van der Waals surface area (Å²) in [4.78, 5) is 4.25. The van der Waals surface area contributed by atoms with Crippen LogP contribution in [-0.4, -0.2) is 26.1 Å². The van der Waals surface area contributed by atoms with E-state index < -0.39 is 11.7 Å². The van der Waals surface area contributed by atoms with Gasteiger partial charge in [0.1, 0.15) is 12.1 Å². The number of nitrogens with one attached hydrogen (secondary N) is 2. The van der Waals surface area contributed by atoms with Crippen LogP contribution in [0.1, 0.15) is 36.5 Å². The summed E-state index contributed by atoms with van der Waals surface area (Å²) in [6, 6.07) is 16.4. The van der Waals surface area contributed by atoms with Gasteiger partial charge in [-0.3, -0.25) is 5.43 Å². The second-order valence-electron chi connectivity index (χ2n) is 8.39. The Morgan fingerprint density at radius 2 is 1.73 bits per heavy atom. The van der Waals surface area contributed by atoms with Crippen LogP contribution in [0.4, 0.5) is 23.2 Å². The van der Waals surface area contributed by atoms with E-state index in [9.17, 15) is 17.6 Å². The van der Waals surface area contributed by atoms with Crippen molar-refractivity contribution in [2.24, 2.45) is 5.10 Å². The van der Waals surface area contributed by atoms with E-state index in [4.69, 9.17) is 12.2 Å². The smallest absolute Gasteiger partial charge is 0.331 e. The van der Waals surface area contributed by atoms with Crippen molar-refractivity contribution >= 4 is 29.2 Å². The summed E-state index contributed by atoms with van der Waals surface area (Å²) >= 11 is 5.28. The molecule has 0 amide bonds. The van der Waals surface area contributed by atoms with E-state index in [1.165, 1.54) is 35.3 Å². The number of benzene rings is 3. The lowest BCUT2D eigenvalue weighted by Crippen LogP contribution is -2.24. The fourth-order valence-electron chi connectivity index (χ4n) is 3.48. The molecule has 6 nitrogen and oxygen atoms in total. The predicted octanol–water partition coefficient (Wildman–Crippen LogP) is 6.54. The molecule has 11 heteroatoms. The molecule has 2 N–H and O–H groups in total. The number of hydrogen-bond donors (Lipinski definition) is 2. The molecule has 0 atom stereocenters. The van der Waals surface area contributed by atoms with Gasteiger partial charge in [0.2, 0.25) is 0 Å². The third kappa shape index (κ3) is 6.56. The molecule has 3 aromatic carbocycles. The quantitative estimate of drug-likeness (QED) is 0.129. The highest BCUT2D eigenvalue weighted by Crippen LogP contribution is 2.29. The number of thiocarbonyl (C=S) groups is 1. The van der Waals surface area contributed by atoms with Gasteiger partial charge in [-0.1, -0.05) is 38.1 Å². The Morgan fingerprint density at radius 3 is 2.38 bits per heavy atom. The van der Waals surface area contributed by atoms with Crippen molar-refractivity contribution in [3.05, 3.63) is 95.6 Å². The molecule has 0 bridgehead atoms. The number of nitrogens with zero attached hydrogens (tertiary/aromatic N) is 4. The Balaban J connectivity index is 1.36. The molecule has 0 saturated carbocycles. The van der Waals surface area contributed by atoms with Gasteiger partial charge in [0.25, 0.3) is 0 Å². The van der Waals surface area contributed by atoms with Crippen LogP contribution in [0.3, 0.4) is 0 Å². The highest BCUT2D eigenvalue weighted by molar-refractivity contribution is 7.80. The van der Waals surface area contributed by atoms with E-state index in [2.05, 4.69) is 25.9 Å². The third-order valence-electron chi connectivity index (χ3n) is 5.38. The maximum atomic E-state index is 13.6. The lowest BCUT2D eigenvalue weighted by atomic mass is 10.0. The van der Waals surface area contributed by atoms with E-state index in [1.54, 1.807) is 24.4 Å². The molecule has 4 rings (SSSR count). The minimum Gasteiger partial charge on any atom is -0.331 e. The second kappa shape index (κ2) is 10.9. The van der Waals surface area contributed by atoms with Gasteiger partial charge in [-0.05, 0) is 71.7 Å². The van der Waals surface area contributed by atoms with Gasteiger partial charge in [0, 0.05) is 11.3 Å². The average molecular weight is 527 g/mol. The predicted molar refractivity (Wildman–Crippen MR) is 139 cm³/mol. The van der Waals surface area contributed by atoms with Crippen LogP contribution in [0.15, 0.2) is 78.2 Å². The first-order valence-corrected chi connectivity index (χ1v) is 11.6. The number of aromatic nitrogens is 3. The molecule has 190 valence electrons. The van der Waals surface area contributed by atoms with Crippen LogP contribution in [0.2, 0.25) is 0 Å². The minimum absolute atomic E-state index is 0.110. The van der Waals surface area contributed by atoms with Gasteiger partial charge in [0.05, 0.1) is 17.5 Å². The molecule has 0 aliphatic heterocycles. The number of hydrogen-bond acceptors (Lipinski definition) is 4. The summed E-state index contributed by atoms with van der Waals surface area (Å²) in [6.07, 6.45) is -1.37. The van der Waals surface area contributed by atoms with Crippen molar-refractivity contribution in [2.75, 3.05) is 5.32 Å². The van der Waals surface area contributed by atoms with Crippen LogP contribution in [0, 0.1) is 5.82 Å². The molecule has 1 aromatic heterocycles. The lowest BCUT2D eigenvalue weighted by Gasteiger charge is -2.14. The summed E-state index contributed by atoms with van der Waals surface area (Å²) in [5, 5.41) is 11.8. The third-order valence-corrected chi connectivity index (χ3v) is 5.58. The van der Waals surface area contributed by atoms with Crippen molar-refractivity contribution in [3.8, 4) is 17.1 Å². The molecule has 0 saturated heterocycles. The molecule has 4 aromatic rings. The first-order valence-electron chi connectivity index (χ1n) is 11.2. The molecule has 0 fully saturated rings. The minimum atomic E-state index is -4.39. The SMILES string of the molecule is CC(C)c1cc(F)ccc1NC(=S)NN=Cc1ccc(-c2ncn(-c3ccc(C(F)(F)F)cc3)n2)cc1. The summed E-state index contributed by atoms with van der Waals surface area (Å²) in [6.45, 7) is 3.93. The van der Waals surface area contributed by atoms with Crippen LogP contribution in [0.5, 0.6) is 0 Å². The number of alkyl halides is 3. The van der Waals surface area contributed by atoms with Gasteiger partial charge in [0.15, 0.2) is 10.9 Å². The Bertz CT molecular complexity index is 1410. The van der Waals surface area contributed by atoms with Crippen molar-refractivity contribution < 1.29 is 17.6 Å². The highest BCUT2D eigenvalue weighted by atomic mass is 32.1. The summed E-state index contributed by atoms with van der Waals surface area (Å²) in [7, 11) is 0. The topological polar surface area (TPSA) is 67.1 Å². The summed E-state index contributed by atoms with van der Waals surface area (Å²) < 4.78 is 53.3. The highest BCUT2D eigenvalue weighted by Gasteiger charge is 2.30. The molecule has 0 radical (unpaired) electrons. The Kier molecular flexibility index (Phi) is 7.63. The molecule has 0 unspecified atom stereocenters. The van der Waals surface area contributed by atoms with E-state index in [0.717, 1.165) is 28.8 Å². The van der Waals surface area contributed by atoms with Crippen molar-refractivity contribution in [2.45, 2.75) is 25.9 Å². The first kappa shape index (κ1) is 26.0. The largest absolute Gasteiger partial charge is 0.416 e. The Labute approximate surface area is 216 Å². The first-order chi connectivity index (χ1) is 17.6. The van der Waals surface area contributed by atoms with E-state index in [0.29, 0.717) is 17.2 Å². The summed E-state index contributed by atoms with van der Waals surface area (Å²) in [5.74, 6) is 0.224. The fraction of sp³-hybridized carbons (Fsp3) is 0.154. The zero-order valence-corrected chi connectivity index (χ0v) is 20.6. The standard InChI is InChI=1S/C26H22F4N6S/c1-16(2)22-13-20(27)9-12-23(22)33-25(37)34-32-14-17-3-5-18(6-4-17)24-31-15-36(35-24)21-10-7-19(8-11-21)26(28,29)30/h3-16H,1-2H3,(H2,33,34,37). The summed E-state index contributed by atoms with van der Waals surface area (Å²) in [5.41, 5.74) is 5.50. The molecule has 0 aliphatic rings. The van der Waals surface area contributed by atoms with E-state index in [1.807, 2.05) is 26.0 Å². The molecule has 0 aliphatic carbocycles. The van der Waals surface area contributed by atoms with Gasteiger partial charge in [-0.15, -0.1) is 5.10 Å².